The minimum atomic E-state index is -0.818. The van der Waals surface area contributed by atoms with Crippen LogP contribution in [0.15, 0.2) is 42.6 Å². The number of amides is 1. The molecule has 1 amide bonds. The fourth-order valence-corrected chi connectivity index (χ4v) is 3.35. The van der Waals surface area contributed by atoms with Gasteiger partial charge in [-0.2, -0.15) is 0 Å². The van der Waals surface area contributed by atoms with E-state index >= 15 is 0 Å². The van der Waals surface area contributed by atoms with E-state index in [-0.39, 0.29) is 23.9 Å². The number of nitrogens with zero attached hydrogens (tertiary/aromatic N) is 2. The highest BCUT2D eigenvalue weighted by Crippen LogP contribution is 2.26. The van der Waals surface area contributed by atoms with Gasteiger partial charge in [0.05, 0.1) is 11.3 Å². The standard InChI is InChI=1S/C20H22FN3O3/c21-16-7-1-2-8-17(16)23-19-15(6-3-11-22-19)20(27)24-12-4-5-14(13-24)9-10-18(25)26/h1-3,6-8,11,14H,4-5,9-10,12-13H2,(H,22,23)(H,25,26). The van der Waals surface area contributed by atoms with Gasteiger partial charge in [0.2, 0.25) is 0 Å². The summed E-state index contributed by atoms with van der Waals surface area (Å²) in [5.41, 5.74) is 0.628. The van der Waals surface area contributed by atoms with Crippen molar-refractivity contribution in [3.8, 4) is 0 Å². The highest BCUT2D eigenvalue weighted by atomic mass is 19.1. The summed E-state index contributed by atoms with van der Waals surface area (Å²) in [6.07, 6.45) is 3.98. The number of pyridine rings is 1. The van der Waals surface area contributed by atoms with Crippen molar-refractivity contribution in [3.63, 3.8) is 0 Å². The summed E-state index contributed by atoms with van der Waals surface area (Å²) in [4.78, 5) is 29.8. The second kappa shape index (κ2) is 8.62. The van der Waals surface area contributed by atoms with E-state index in [1.54, 1.807) is 41.4 Å². The Hall–Kier alpha value is -2.96. The van der Waals surface area contributed by atoms with Crippen molar-refractivity contribution in [3.05, 3.63) is 54.0 Å². The van der Waals surface area contributed by atoms with Crippen molar-refractivity contribution in [2.75, 3.05) is 18.4 Å². The average Bonchev–Trinajstić information content (AvgIpc) is 2.68. The molecule has 7 heteroatoms. The second-order valence-electron chi connectivity index (χ2n) is 6.70. The summed E-state index contributed by atoms with van der Waals surface area (Å²) in [5, 5.41) is 11.8. The number of anilines is 2. The van der Waals surface area contributed by atoms with E-state index in [9.17, 15) is 14.0 Å². The van der Waals surface area contributed by atoms with Crippen LogP contribution in [0.1, 0.15) is 36.0 Å². The first kappa shape index (κ1) is 18.8. The molecular weight excluding hydrogens is 349 g/mol. The van der Waals surface area contributed by atoms with Crippen LogP contribution in [-0.2, 0) is 4.79 Å². The Labute approximate surface area is 157 Å². The van der Waals surface area contributed by atoms with Crippen molar-refractivity contribution in [2.24, 2.45) is 5.92 Å². The third-order valence-corrected chi connectivity index (χ3v) is 4.74. The van der Waals surface area contributed by atoms with Crippen molar-refractivity contribution in [1.29, 1.82) is 0 Å². The van der Waals surface area contributed by atoms with Crippen molar-refractivity contribution < 1.29 is 19.1 Å². The molecule has 2 aromatic rings. The van der Waals surface area contributed by atoms with Crippen LogP contribution < -0.4 is 5.32 Å². The molecule has 1 fully saturated rings. The third-order valence-electron chi connectivity index (χ3n) is 4.74. The summed E-state index contributed by atoms with van der Waals surface area (Å²) in [7, 11) is 0. The van der Waals surface area contributed by atoms with Crippen LogP contribution in [0.2, 0.25) is 0 Å². The summed E-state index contributed by atoms with van der Waals surface area (Å²) in [6.45, 7) is 1.15. The maximum atomic E-state index is 13.9. The van der Waals surface area contributed by atoms with Crippen molar-refractivity contribution in [2.45, 2.75) is 25.7 Å². The third kappa shape index (κ3) is 4.81. The quantitative estimate of drug-likeness (QED) is 0.809. The van der Waals surface area contributed by atoms with E-state index < -0.39 is 11.8 Å². The molecule has 27 heavy (non-hydrogen) atoms. The SMILES string of the molecule is O=C(O)CCC1CCCN(C(=O)c2cccnc2Nc2ccccc2F)C1. The Bertz CT molecular complexity index is 828. The smallest absolute Gasteiger partial charge is 0.303 e. The molecule has 1 aromatic carbocycles. The van der Waals surface area contributed by atoms with Gasteiger partial charge in [0.15, 0.2) is 0 Å². The van der Waals surface area contributed by atoms with Crippen molar-refractivity contribution >= 4 is 23.4 Å². The van der Waals surface area contributed by atoms with Gasteiger partial charge in [0, 0.05) is 25.7 Å². The number of halogens is 1. The number of aliphatic carboxylic acids is 1. The van der Waals surface area contributed by atoms with Crippen LogP contribution in [0.5, 0.6) is 0 Å². The molecule has 0 saturated carbocycles. The van der Waals surface area contributed by atoms with Crippen LogP contribution in [0.3, 0.4) is 0 Å². The molecule has 3 rings (SSSR count). The lowest BCUT2D eigenvalue weighted by molar-refractivity contribution is -0.137. The number of carboxylic acids is 1. The average molecular weight is 371 g/mol. The molecule has 1 saturated heterocycles. The molecule has 0 bridgehead atoms. The highest BCUT2D eigenvalue weighted by Gasteiger charge is 2.26. The number of hydrogen-bond donors (Lipinski definition) is 2. The minimum absolute atomic E-state index is 0.111. The van der Waals surface area contributed by atoms with Crippen LogP contribution in [-0.4, -0.2) is 40.0 Å². The van der Waals surface area contributed by atoms with Gasteiger partial charge in [0.1, 0.15) is 11.6 Å². The number of piperidine rings is 1. The van der Waals surface area contributed by atoms with Crippen LogP contribution >= 0.6 is 0 Å². The summed E-state index contributed by atoms with van der Waals surface area (Å²) in [6, 6.07) is 9.56. The molecule has 1 atom stereocenters. The Kier molecular flexibility index (Phi) is 6.01. The molecule has 142 valence electrons. The van der Waals surface area contributed by atoms with Gasteiger partial charge in [-0.3, -0.25) is 9.59 Å². The molecule has 0 spiro atoms. The number of benzene rings is 1. The number of para-hydroxylation sites is 1. The molecule has 1 aliphatic rings. The molecule has 6 nitrogen and oxygen atoms in total. The summed E-state index contributed by atoms with van der Waals surface area (Å²) in [5.74, 6) is -0.934. The van der Waals surface area contributed by atoms with E-state index in [2.05, 4.69) is 10.3 Å². The Morgan fingerprint density at radius 1 is 1.26 bits per heavy atom. The Morgan fingerprint density at radius 3 is 2.85 bits per heavy atom. The van der Waals surface area contributed by atoms with E-state index in [0.717, 1.165) is 12.8 Å². The van der Waals surface area contributed by atoms with Crippen molar-refractivity contribution in [1.82, 2.24) is 9.88 Å². The van der Waals surface area contributed by atoms with Gasteiger partial charge in [-0.15, -0.1) is 0 Å². The Morgan fingerprint density at radius 2 is 2.07 bits per heavy atom. The monoisotopic (exact) mass is 371 g/mol. The van der Waals surface area contributed by atoms with E-state index in [0.29, 0.717) is 30.9 Å². The molecule has 2 heterocycles. The first-order valence-electron chi connectivity index (χ1n) is 9.02. The summed E-state index contributed by atoms with van der Waals surface area (Å²) < 4.78 is 13.9. The number of nitrogens with one attached hydrogen (secondary N) is 1. The van der Waals surface area contributed by atoms with Crippen LogP contribution in [0, 0.1) is 11.7 Å². The summed E-state index contributed by atoms with van der Waals surface area (Å²) >= 11 is 0. The number of carboxylic acid groups (broad SMARTS) is 1. The maximum Gasteiger partial charge on any atom is 0.303 e. The number of aromatic nitrogens is 1. The fraction of sp³-hybridized carbons (Fsp3) is 0.350. The van der Waals surface area contributed by atoms with E-state index in [1.807, 2.05) is 0 Å². The molecule has 0 aliphatic carbocycles. The van der Waals surface area contributed by atoms with Crippen LogP contribution in [0.25, 0.3) is 0 Å². The zero-order chi connectivity index (χ0) is 19.2. The predicted molar refractivity (Wildman–Crippen MR) is 99.4 cm³/mol. The lowest BCUT2D eigenvalue weighted by atomic mass is 9.93. The maximum absolute atomic E-state index is 13.9. The second-order valence-corrected chi connectivity index (χ2v) is 6.70. The lowest BCUT2D eigenvalue weighted by Crippen LogP contribution is -2.40. The molecule has 1 unspecified atom stereocenters. The molecule has 0 radical (unpaired) electrons. The molecule has 1 aliphatic heterocycles. The zero-order valence-electron chi connectivity index (χ0n) is 14.9. The normalized spacial score (nSPS) is 16.8. The topological polar surface area (TPSA) is 82.5 Å². The van der Waals surface area contributed by atoms with Gasteiger partial charge >= 0.3 is 5.97 Å². The number of carbonyl (C=O) groups is 2. The zero-order valence-corrected chi connectivity index (χ0v) is 14.9. The van der Waals surface area contributed by atoms with Gasteiger partial charge in [-0.05, 0) is 49.4 Å². The Balaban J connectivity index is 1.75. The van der Waals surface area contributed by atoms with E-state index in [4.69, 9.17) is 5.11 Å². The fourth-order valence-electron chi connectivity index (χ4n) is 3.35. The predicted octanol–water partition coefficient (Wildman–Crippen LogP) is 3.68. The molecule has 1 aromatic heterocycles. The highest BCUT2D eigenvalue weighted by molar-refractivity contribution is 5.99. The number of rotatable bonds is 6. The number of likely N-dealkylation sites (tertiary alicyclic amines) is 1. The van der Waals surface area contributed by atoms with Gasteiger partial charge in [-0.25, -0.2) is 9.37 Å². The largest absolute Gasteiger partial charge is 0.481 e. The van der Waals surface area contributed by atoms with Gasteiger partial charge in [-0.1, -0.05) is 12.1 Å². The molecular formula is C20H22FN3O3. The van der Waals surface area contributed by atoms with Crippen LogP contribution in [0.4, 0.5) is 15.9 Å². The van der Waals surface area contributed by atoms with Gasteiger partial charge in [0.25, 0.3) is 5.91 Å². The minimum Gasteiger partial charge on any atom is -0.481 e. The van der Waals surface area contributed by atoms with E-state index in [1.165, 1.54) is 6.07 Å². The van der Waals surface area contributed by atoms with Gasteiger partial charge < -0.3 is 15.3 Å². The first-order valence-corrected chi connectivity index (χ1v) is 9.02. The number of carbonyl (C=O) groups excluding carboxylic acids is 1. The lowest BCUT2D eigenvalue weighted by Gasteiger charge is -2.33. The molecule has 2 N–H and O–H groups in total. The first-order chi connectivity index (χ1) is 13.0. The number of hydrogen-bond acceptors (Lipinski definition) is 4.